The van der Waals surface area contributed by atoms with Gasteiger partial charge in [0, 0.05) is 48.4 Å². The number of nitrogens with one attached hydrogen (secondary N) is 1. The van der Waals surface area contributed by atoms with Gasteiger partial charge in [-0.1, -0.05) is 36.4 Å². The van der Waals surface area contributed by atoms with Gasteiger partial charge in [-0.2, -0.15) is 0 Å². The molecule has 6 rings (SSSR count). The Morgan fingerprint density at radius 1 is 1.06 bits per heavy atom. The molecule has 0 bridgehead atoms. The fraction of sp³-hybridized carbons (Fsp3) is 0.310. The van der Waals surface area contributed by atoms with Gasteiger partial charge < -0.3 is 15.2 Å². The maximum atomic E-state index is 12.9. The minimum Gasteiger partial charge on any atom is -0.508 e. The molecule has 2 aliphatic heterocycles. The summed E-state index contributed by atoms with van der Waals surface area (Å²) in [5.74, 6) is 0.0983. The average molecular weight is 484 g/mol. The number of phenolic OH excluding ortho intramolecular Hbond substituents is 1. The molecule has 3 aromatic carbocycles. The second-order valence-corrected chi connectivity index (χ2v) is 9.97. The van der Waals surface area contributed by atoms with Crippen LogP contribution in [0.2, 0.25) is 0 Å². The minimum atomic E-state index is -0.290. The lowest BCUT2D eigenvalue weighted by Gasteiger charge is -2.40. The number of aromatic hydroxyl groups is 1. The van der Waals surface area contributed by atoms with Gasteiger partial charge in [0.15, 0.2) is 0 Å². The van der Waals surface area contributed by atoms with Crippen LogP contribution < -0.4 is 10.2 Å². The van der Waals surface area contributed by atoms with E-state index in [0.29, 0.717) is 31.8 Å². The molecule has 1 fully saturated rings. The number of amides is 2. The molecular weight excluding hydrogens is 454 g/mol. The van der Waals surface area contributed by atoms with Gasteiger partial charge in [-0.15, -0.1) is 0 Å². The number of carbonyl (C=O) groups excluding carboxylic acids is 2. The zero-order valence-corrected chi connectivity index (χ0v) is 20.3. The number of aryl methyl sites for hydroxylation is 1. The first-order valence-corrected chi connectivity index (χ1v) is 12.5. The number of rotatable bonds is 4. The van der Waals surface area contributed by atoms with Crippen molar-refractivity contribution in [2.24, 2.45) is 0 Å². The number of hydrogen-bond acceptors (Lipinski definition) is 5. The van der Waals surface area contributed by atoms with Crippen LogP contribution in [-0.2, 0) is 22.6 Å². The zero-order valence-electron chi connectivity index (χ0n) is 20.3. The minimum absolute atomic E-state index is 0.0476. The predicted molar refractivity (Wildman–Crippen MR) is 138 cm³/mol. The normalized spacial score (nSPS) is 17.2. The van der Waals surface area contributed by atoms with Gasteiger partial charge in [0.1, 0.15) is 12.4 Å². The molecule has 0 saturated carbocycles. The first-order chi connectivity index (χ1) is 17.5. The van der Waals surface area contributed by atoms with E-state index in [-0.39, 0.29) is 30.3 Å². The van der Waals surface area contributed by atoms with Crippen molar-refractivity contribution in [2.75, 3.05) is 29.9 Å². The number of benzene rings is 3. The Labute approximate surface area is 210 Å². The van der Waals surface area contributed by atoms with Crippen molar-refractivity contribution in [3.63, 3.8) is 0 Å². The molecule has 0 atom stereocenters. The summed E-state index contributed by atoms with van der Waals surface area (Å²) in [4.78, 5) is 29.4. The molecule has 3 aromatic rings. The third-order valence-corrected chi connectivity index (χ3v) is 7.52. The highest BCUT2D eigenvalue weighted by Gasteiger charge is 2.34. The van der Waals surface area contributed by atoms with Crippen LogP contribution in [0.4, 0.5) is 16.2 Å². The van der Waals surface area contributed by atoms with E-state index < -0.39 is 0 Å². The molecule has 0 spiro atoms. The predicted octanol–water partition coefficient (Wildman–Crippen LogP) is 4.83. The Hall–Kier alpha value is -3.84. The number of carbonyl (C=O) groups is 2. The highest BCUT2D eigenvalue weighted by atomic mass is 16.6. The summed E-state index contributed by atoms with van der Waals surface area (Å²) in [7, 11) is 0. The number of nitrogens with zero attached hydrogens (tertiary/aromatic N) is 2. The third-order valence-electron chi connectivity index (χ3n) is 7.52. The number of likely N-dealkylation sites (tertiary alicyclic amines) is 1. The maximum absolute atomic E-state index is 12.9. The maximum Gasteiger partial charge on any atom is 0.414 e. The topological polar surface area (TPSA) is 82.1 Å². The lowest BCUT2D eigenvalue weighted by Crippen LogP contribution is -2.50. The smallest absolute Gasteiger partial charge is 0.414 e. The fourth-order valence-electron chi connectivity index (χ4n) is 5.70. The summed E-state index contributed by atoms with van der Waals surface area (Å²) in [6.07, 6.45) is 1.95. The monoisotopic (exact) mass is 483 g/mol. The fourth-order valence-corrected chi connectivity index (χ4v) is 5.70. The Bertz CT molecular complexity index is 1360. The summed E-state index contributed by atoms with van der Waals surface area (Å²) in [5, 5.41) is 13.5. The quantitative estimate of drug-likeness (QED) is 0.435. The van der Waals surface area contributed by atoms with Crippen molar-refractivity contribution in [3.05, 3.63) is 76.9 Å². The molecule has 0 aromatic heterocycles. The first kappa shape index (κ1) is 22.6. The van der Waals surface area contributed by atoms with E-state index in [1.165, 1.54) is 5.56 Å². The number of piperidine rings is 1. The molecule has 2 heterocycles. The molecule has 7 heteroatoms. The van der Waals surface area contributed by atoms with Gasteiger partial charge in [0.2, 0.25) is 5.91 Å². The molecule has 36 heavy (non-hydrogen) atoms. The highest BCUT2D eigenvalue weighted by molar-refractivity contribution is 5.94. The molecule has 0 unspecified atom stereocenters. The summed E-state index contributed by atoms with van der Waals surface area (Å²) in [6, 6.07) is 17.9. The van der Waals surface area contributed by atoms with Crippen LogP contribution in [0.15, 0.2) is 54.6 Å². The van der Waals surface area contributed by atoms with E-state index in [1.807, 2.05) is 43.3 Å². The van der Waals surface area contributed by atoms with E-state index >= 15 is 0 Å². The van der Waals surface area contributed by atoms with Crippen LogP contribution in [-0.4, -0.2) is 47.7 Å². The third kappa shape index (κ3) is 4.09. The number of fused-ring (bicyclic) bond motifs is 4. The summed E-state index contributed by atoms with van der Waals surface area (Å²) in [6.45, 7) is 4.03. The van der Waals surface area contributed by atoms with Gasteiger partial charge >= 0.3 is 6.09 Å². The van der Waals surface area contributed by atoms with Crippen molar-refractivity contribution in [1.29, 1.82) is 0 Å². The lowest BCUT2D eigenvalue weighted by molar-refractivity contribution is -0.117. The van der Waals surface area contributed by atoms with Crippen LogP contribution in [0, 0.1) is 6.92 Å². The van der Waals surface area contributed by atoms with Gasteiger partial charge in [0.25, 0.3) is 0 Å². The van der Waals surface area contributed by atoms with Crippen LogP contribution in [0.5, 0.6) is 5.75 Å². The van der Waals surface area contributed by atoms with Crippen LogP contribution in [0.3, 0.4) is 0 Å². The highest BCUT2D eigenvalue weighted by Crippen LogP contribution is 2.42. The average Bonchev–Trinajstić information content (AvgIpc) is 3.24. The molecule has 2 N–H and O–H groups in total. The number of anilines is 2. The van der Waals surface area contributed by atoms with Crippen molar-refractivity contribution in [3.8, 4) is 16.9 Å². The van der Waals surface area contributed by atoms with Crippen molar-refractivity contribution < 1.29 is 19.4 Å². The van der Waals surface area contributed by atoms with Gasteiger partial charge in [-0.3, -0.25) is 14.6 Å². The van der Waals surface area contributed by atoms with Crippen molar-refractivity contribution in [2.45, 2.75) is 38.8 Å². The molecular formula is C29H29N3O4. The SMILES string of the molecule is Cc1ccc2c(c1)N(C1CCN(CC(=O)Nc3cc(O)c4c(c3)-c3ccccc3C4)CC1)C(=O)OC2. The molecule has 7 nitrogen and oxygen atoms in total. The Balaban J connectivity index is 1.09. The van der Waals surface area contributed by atoms with E-state index in [9.17, 15) is 14.7 Å². The second-order valence-electron chi connectivity index (χ2n) is 9.97. The molecule has 1 aliphatic carbocycles. The molecule has 1 saturated heterocycles. The van der Waals surface area contributed by atoms with E-state index in [1.54, 1.807) is 11.0 Å². The van der Waals surface area contributed by atoms with E-state index in [0.717, 1.165) is 46.3 Å². The van der Waals surface area contributed by atoms with Crippen LogP contribution >= 0.6 is 0 Å². The van der Waals surface area contributed by atoms with Gasteiger partial charge in [-0.25, -0.2) is 4.79 Å². The van der Waals surface area contributed by atoms with Crippen LogP contribution in [0.25, 0.3) is 11.1 Å². The zero-order chi connectivity index (χ0) is 24.8. The first-order valence-electron chi connectivity index (χ1n) is 12.5. The standard InChI is InChI=1S/C29H29N3O4/c1-18-6-7-20-17-36-29(35)32(26(20)12-18)22-8-10-31(11-9-22)16-28(34)30-21-14-24-23-5-3-2-4-19(23)13-25(24)27(33)15-21/h2-7,12,14-15,22,33H,8-11,13,16-17H2,1H3,(H,30,34). The van der Waals surface area contributed by atoms with Gasteiger partial charge in [0.05, 0.1) is 12.2 Å². The summed E-state index contributed by atoms with van der Waals surface area (Å²) in [5.41, 5.74) is 7.87. The Kier molecular flexibility index (Phi) is 5.64. The summed E-state index contributed by atoms with van der Waals surface area (Å²) < 4.78 is 5.42. The number of hydrogen-bond donors (Lipinski definition) is 2. The molecule has 2 amide bonds. The number of cyclic esters (lactones) is 1. The number of ether oxygens (including phenoxy) is 1. The Morgan fingerprint density at radius 2 is 1.86 bits per heavy atom. The molecule has 184 valence electrons. The van der Waals surface area contributed by atoms with Gasteiger partial charge in [-0.05, 0) is 54.2 Å². The Morgan fingerprint density at radius 3 is 2.69 bits per heavy atom. The van der Waals surface area contributed by atoms with Crippen molar-refractivity contribution >= 4 is 23.4 Å². The molecule has 3 aliphatic rings. The van der Waals surface area contributed by atoms with E-state index in [2.05, 4.69) is 22.3 Å². The number of phenols is 1. The lowest BCUT2D eigenvalue weighted by atomic mass is 10.00. The van der Waals surface area contributed by atoms with Crippen molar-refractivity contribution in [1.82, 2.24) is 4.90 Å². The molecule has 0 radical (unpaired) electrons. The second kappa shape index (κ2) is 8.99. The van der Waals surface area contributed by atoms with Crippen LogP contribution in [0.1, 0.15) is 35.1 Å². The van der Waals surface area contributed by atoms with E-state index in [4.69, 9.17) is 4.74 Å². The largest absolute Gasteiger partial charge is 0.508 e. The summed E-state index contributed by atoms with van der Waals surface area (Å²) >= 11 is 0.